The number of hydrogen-bond acceptors (Lipinski definition) is 3. The smallest absolute Gasteiger partial charge is 0.246 e. The zero-order valence-corrected chi connectivity index (χ0v) is 14.9. The predicted molar refractivity (Wildman–Crippen MR) is 101 cm³/mol. The van der Waals surface area contributed by atoms with E-state index in [1.165, 1.54) is 6.07 Å². The van der Waals surface area contributed by atoms with E-state index in [1.807, 2.05) is 24.3 Å². The van der Waals surface area contributed by atoms with E-state index in [-0.39, 0.29) is 17.6 Å². The maximum absolute atomic E-state index is 13.6. The van der Waals surface area contributed by atoms with Gasteiger partial charge in [0.1, 0.15) is 11.9 Å². The summed E-state index contributed by atoms with van der Waals surface area (Å²) >= 11 is 0. The molecule has 0 bridgehead atoms. The summed E-state index contributed by atoms with van der Waals surface area (Å²) in [6.45, 7) is 4.12. The van der Waals surface area contributed by atoms with E-state index in [1.54, 1.807) is 30.9 Å². The van der Waals surface area contributed by atoms with Gasteiger partial charge in [-0.2, -0.15) is 0 Å². The van der Waals surface area contributed by atoms with Crippen molar-refractivity contribution in [3.05, 3.63) is 53.8 Å². The van der Waals surface area contributed by atoms with E-state index in [0.29, 0.717) is 17.7 Å². The van der Waals surface area contributed by atoms with Crippen molar-refractivity contribution in [2.75, 3.05) is 22.1 Å². The molecule has 5 nitrogen and oxygen atoms in total. The molecule has 1 fully saturated rings. The number of nitrogens with one attached hydrogen (secondary N) is 2. The first-order chi connectivity index (χ1) is 12.4. The molecule has 1 atom stereocenters. The number of carbonyl (C=O) groups is 2. The lowest BCUT2D eigenvalue weighted by molar-refractivity contribution is -0.117. The van der Waals surface area contributed by atoms with E-state index < -0.39 is 6.04 Å². The van der Waals surface area contributed by atoms with Crippen LogP contribution in [0.1, 0.15) is 25.3 Å². The summed E-state index contributed by atoms with van der Waals surface area (Å²) in [5.74, 6) is -0.503. The van der Waals surface area contributed by atoms with Crippen LogP contribution in [-0.4, -0.2) is 24.4 Å². The molecule has 6 heteroatoms. The summed E-state index contributed by atoms with van der Waals surface area (Å²) in [6, 6.07) is 11.5. The molecular formula is C20H22FN3O2. The van der Waals surface area contributed by atoms with Crippen LogP contribution in [0.3, 0.4) is 0 Å². The van der Waals surface area contributed by atoms with Gasteiger partial charge in [-0.25, -0.2) is 4.39 Å². The van der Waals surface area contributed by atoms with Crippen LogP contribution in [0.4, 0.5) is 21.5 Å². The Morgan fingerprint density at radius 1 is 1.19 bits per heavy atom. The fourth-order valence-electron chi connectivity index (χ4n) is 2.92. The van der Waals surface area contributed by atoms with Crippen molar-refractivity contribution in [1.82, 2.24) is 0 Å². The van der Waals surface area contributed by atoms with Gasteiger partial charge in [0.25, 0.3) is 0 Å². The molecule has 2 amide bonds. The summed E-state index contributed by atoms with van der Waals surface area (Å²) < 4.78 is 13.6. The van der Waals surface area contributed by atoms with E-state index >= 15 is 0 Å². The quantitative estimate of drug-likeness (QED) is 0.860. The summed E-state index contributed by atoms with van der Waals surface area (Å²) in [5.41, 5.74) is 2.52. The fourth-order valence-corrected chi connectivity index (χ4v) is 2.92. The maximum Gasteiger partial charge on any atom is 0.246 e. The summed E-state index contributed by atoms with van der Waals surface area (Å²) in [4.78, 5) is 26.0. The molecule has 2 N–H and O–H groups in total. The molecule has 0 saturated carbocycles. The molecule has 1 aliphatic rings. The van der Waals surface area contributed by atoms with Crippen LogP contribution >= 0.6 is 0 Å². The van der Waals surface area contributed by atoms with Crippen molar-refractivity contribution in [1.29, 1.82) is 0 Å². The Kier molecular flexibility index (Phi) is 5.21. The third-order valence-electron chi connectivity index (χ3n) is 4.45. The van der Waals surface area contributed by atoms with Crippen molar-refractivity contribution in [3.63, 3.8) is 0 Å². The second-order valence-electron chi connectivity index (χ2n) is 6.52. The highest BCUT2D eigenvalue weighted by Gasteiger charge is 2.22. The highest BCUT2D eigenvalue weighted by atomic mass is 19.1. The third-order valence-corrected chi connectivity index (χ3v) is 4.45. The Morgan fingerprint density at radius 3 is 2.69 bits per heavy atom. The molecule has 0 radical (unpaired) electrons. The molecule has 1 unspecified atom stereocenters. The van der Waals surface area contributed by atoms with Crippen molar-refractivity contribution in [3.8, 4) is 0 Å². The van der Waals surface area contributed by atoms with Gasteiger partial charge in [0.2, 0.25) is 11.8 Å². The SMILES string of the molecule is Cc1ccc(NC(=O)C(C)Nc2cccc(N3CCCC3=O)c2)cc1F. The van der Waals surface area contributed by atoms with Crippen molar-refractivity contribution in [2.45, 2.75) is 32.7 Å². The maximum atomic E-state index is 13.6. The fraction of sp³-hybridized carbons (Fsp3) is 0.300. The Labute approximate surface area is 152 Å². The number of rotatable bonds is 5. The Morgan fingerprint density at radius 2 is 2.00 bits per heavy atom. The van der Waals surface area contributed by atoms with Crippen LogP contribution in [0.2, 0.25) is 0 Å². The largest absolute Gasteiger partial charge is 0.374 e. The number of benzene rings is 2. The number of carbonyl (C=O) groups excluding carboxylic acids is 2. The lowest BCUT2D eigenvalue weighted by Gasteiger charge is -2.19. The number of hydrogen-bond donors (Lipinski definition) is 2. The van der Waals surface area contributed by atoms with Crippen LogP contribution in [0.5, 0.6) is 0 Å². The van der Waals surface area contributed by atoms with E-state index in [0.717, 1.165) is 24.3 Å². The second kappa shape index (κ2) is 7.56. The summed E-state index contributed by atoms with van der Waals surface area (Å²) in [6.07, 6.45) is 1.44. The molecular weight excluding hydrogens is 333 g/mol. The number of halogens is 1. The summed E-state index contributed by atoms with van der Waals surface area (Å²) in [7, 11) is 0. The van der Waals surface area contributed by atoms with Gasteiger partial charge in [0, 0.05) is 30.0 Å². The Bertz CT molecular complexity index is 838. The molecule has 26 heavy (non-hydrogen) atoms. The molecule has 3 rings (SSSR count). The minimum Gasteiger partial charge on any atom is -0.374 e. The molecule has 0 aromatic heterocycles. The Hall–Kier alpha value is -2.89. The predicted octanol–water partition coefficient (Wildman–Crippen LogP) is 3.70. The molecule has 1 aliphatic heterocycles. The lowest BCUT2D eigenvalue weighted by atomic mass is 10.2. The molecule has 1 heterocycles. The Balaban J connectivity index is 1.65. The lowest BCUT2D eigenvalue weighted by Crippen LogP contribution is -2.32. The summed E-state index contributed by atoms with van der Waals surface area (Å²) in [5, 5.41) is 5.82. The average molecular weight is 355 g/mol. The molecule has 136 valence electrons. The second-order valence-corrected chi connectivity index (χ2v) is 6.52. The first kappa shape index (κ1) is 17.9. The van der Waals surface area contributed by atoms with Crippen LogP contribution in [-0.2, 0) is 9.59 Å². The highest BCUT2D eigenvalue weighted by Crippen LogP contribution is 2.24. The first-order valence-corrected chi connectivity index (χ1v) is 8.68. The van der Waals surface area contributed by atoms with Gasteiger partial charge < -0.3 is 15.5 Å². The van der Waals surface area contributed by atoms with Crippen LogP contribution in [0, 0.1) is 12.7 Å². The van der Waals surface area contributed by atoms with Gasteiger partial charge in [-0.1, -0.05) is 12.1 Å². The van der Waals surface area contributed by atoms with Gasteiger partial charge in [-0.15, -0.1) is 0 Å². The molecule has 2 aromatic rings. The minimum absolute atomic E-state index is 0.120. The van der Waals surface area contributed by atoms with Crippen molar-refractivity contribution >= 4 is 28.9 Å². The van der Waals surface area contributed by atoms with Crippen LogP contribution < -0.4 is 15.5 Å². The highest BCUT2D eigenvalue weighted by molar-refractivity contribution is 5.97. The van der Waals surface area contributed by atoms with Gasteiger partial charge in [-0.3, -0.25) is 9.59 Å². The minimum atomic E-state index is -0.524. The van der Waals surface area contributed by atoms with E-state index in [4.69, 9.17) is 0 Å². The molecule has 1 saturated heterocycles. The molecule has 0 aliphatic carbocycles. The van der Waals surface area contributed by atoms with Crippen LogP contribution in [0.25, 0.3) is 0 Å². The van der Waals surface area contributed by atoms with Gasteiger partial charge in [0.15, 0.2) is 0 Å². The monoisotopic (exact) mass is 355 g/mol. The topological polar surface area (TPSA) is 61.4 Å². The van der Waals surface area contributed by atoms with Crippen molar-refractivity contribution < 1.29 is 14.0 Å². The third kappa shape index (κ3) is 4.02. The standard InChI is InChI=1S/C20H22FN3O2/c1-13-8-9-16(12-18(13)21)23-20(26)14(2)22-15-5-3-6-17(11-15)24-10-4-7-19(24)25/h3,5-6,8-9,11-12,14,22H,4,7,10H2,1-2H3,(H,23,26). The molecule has 2 aromatic carbocycles. The number of amides is 2. The average Bonchev–Trinajstić information content (AvgIpc) is 3.04. The van der Waals surface area contributed by atoms with E-state index in [9.17, 15) is 14.0 Å². The van der Waals surface area contributed by atoms with Crippen molar-refractivity contribution in [2.24, 2.45) is 0 Å². The molecule has 0 spiro atoms. The zero-order valence-electron chi connectivity index (χ0n) is 14.9. The normalized spacial score (nSPS) is 15.0. The zero-order chi connectivity index (χ0) is 18.7. The van der Waals surface area contributed by atoms with Gasteiger partial charge in [-0.05, 0) is 56.2 Å². The van der Waals surface area contributed by atoms with Gasteiger partial charge in [0.05, 0.1) is 0 Å². The number of anilines is 3. The van der Waals surface area contributed by atoms with Crippen LogP contribution in [0.15, 0.2) is 42.5 Å². The first-order valence-electron chi connectivity index (χ1n) is 8.68. The van der Waals surface area contributed by atoms with E-state index in [2.05, 4.69) is 10.6 Å². The number of aryl methyl sites for hydroxylation is 1. The number of nitrogens with zero attached hydrogens (tertiary/aromatic N) is 1. The van der Waals surface area contributed by atoms with Gasteiger partial charge >= 0.3 is 0 Å².